The summed E-state index contributed by atoms with van der Waals surface area (Å²) in [5.41, 5.74) is 3.21. The van der Waals surface area contributed by atoms with Crippen molar-refractivity contribution in [1.29, 1.82) is 0 Å². The van der Waals surface area contributed by atoms with E-state index >= 15 is 0 Å². The van der Waals surface area contributed by atoms with Gasteiger partial charge in [-0.2, -0.15) is 52.7 Å². The summed E-state index contributed by atoms with van der Waals surface area (Å²) >= 11 is 12.5. The average molecular weight is 1640 g/mol. The summed E-state index contributed by atoms with van der Waals surface area (Å²) in [5, 5.41) is 23.5. The number of benzene rings is 9. The molecule has 3 aliphatic heterocycles. The molecular formula is C86H88Cl2F12LiN5O9. The normalized spacial score (nSPS) is 15.0. The maximum absolute atomic E-state index is 13.8. The molecule has 3 heterocycles. The Hall–Kier alpha value is -9.78. The summed E-state index contributed by atoms with van der Waals surface area (Å²) in [4.78, 5) is 50.4. The second kappa shape index (κ2) is 47.3. The van der Waals surface area contributed by atoms with Crippen molar-refractivity contribution in [3.63, 3.8) is 0 Å². The molecule has 5 atom stereocenters. The molecule has 14 nitrogen and oxygen atoms in total. The Kier molecular flexibility index (Phi) is 39.4. The molecule has 9 aromatic carbocycles. The van der Waals surface area contributed by atoms with E-state index in [9.17, 15) is 77.0 Å². The van der Waals surface area contributed by atoms with Gasteiger partial charge in [0.05, 0.1) is 64.8 Å². The minimum atomic E-state index is -4.43. The van der Waals surface area contributed by atoms with Crippen LogP contribution in [0, 0.1) is 0 Å². The third-order valence-electron chi connectivity index (χ3n) is 18.0. The third-order valence-corrected chi connectivity index (χ3v) is 18.7. The number of rotatable bonds is 21. The molecule has 9 aromatic rings. The van der Waals surface area contributed by atoms with Crippen molar-refractivity contribution in [1.82, 2.24) is 10.2 Å². The summed E-state index contributed by atoms with van der Waals surface area (Å²) in [7, 11) is 0. The first-order chi connectivity index (χ1) is 53.9. The molecule has 0 saturated carbocycles. The number of carbonyl (C=O) groups is 4. The van der Waals surface area contributed by atoms with Crippen LogP contribution in [0.3, 0.4) is 0 Å². The average Bonchev–Trinajstić information content (AvgIpc) is 1.69. The molecule has 3 aliphatic rings. The van der Waals surface area contributed by atoms with Crippen LogP contribution < -0.4 is 40.1 Å². The number of nitrogens with one attached hydrogen (secondary N) is 4. The Labute approximate surface area is 682 Å². The standard InChI is InChI=1S/C26H24ClF3N2O.C18H18F3NO2.C16H14F3NO2.C12H11F3O2.C10H12ClN.C4H8O.Li.H2O/c27-23-10-5-4-9-21(23)24-11-6-16-32(24)25(33)22(17-31-20-7-2-1-3-8-20)18-12-14-19(15-13-18)26(28,29)30;1-2-24-17(23)16(12-22-15-6-4-3-5-7-15)13-8-10-14(11-9-13)18(19,20)21;17-16(18,19)12-8-6-11(7-9-12)14(15(21)22)10-20-13-4-2-1-3-5-13;1-3-17-11(16)8(2)9-4-6-10(7-5-9)12(13,14)15;11-9-5-2-1-4-8(9)10-6-3-7-12-10;1-2-4-5-3-1;;/h1-5,7-10,12-15,22,24,31H,6,11,16-17H2;3-11,16,22H,2,12H2,1H3;1-9,14,20H,10H2,(H,21,22);4-7H,2-3H2,1H3;1-2,4-5,10,12H,3,6-7H2;1-4H2;;1H2/q;;;;;;+1;/p-1. The fourth-order valence-electron chi connectivity index (χ4n) is 12.0. The van der Waals surface area contributed by atoms with Crippen LogP contribution in [0.25, 0.3) is 5.57 Å². The van der Waals surface area contributed by atoms with E-state index in [-0.39, 0.29) is 74.7 Å². The Morgan fingerprint density at radius 1 is 0.487 bits per heavy atom. The molecule has 3 saturated heterocycles. The predicted molar refractivity (Wildman–Crippen MR) is 417 cm³/mol. The van der Waals surface area contributed by atoms with Crippen molar-refractivity contribution >= 4 is 69.7 Å². The van der Waals surface area contributed by atoms with Crippen LogP contribution in [0.1, 0.15) is 138 Å². The molecule has 12 rings (SSSR count). The second-order valence-electron chi connectivity index (χ2n) is 25.8. The van der Waals surface area contributed by atoms with Crippen LogP contribution in [0.15, 0.2) is 243 Å². The maximum Gasteiger partial charge on any atom is 1.00 e. The van der Waals surface area contributed by atoms with E-state index in [0.717, 1.165) is 109 Å². The largest absolute Gasteiger partial charge is 1.00 e. The molecule has 1 amide bonds. The summed E-state index contributed by atoms with van der Waals surface area (Å²) in [6, 6.07) is 61.4. The SMILES string of the molecule is C1CCOC1.C=C(C(=O)OCC)c1ccc(C(F)(F)F)cc1.CCOC(=O)C(CNc1ccccc1)c1ccc(C(F)(F)F)cc1.Clc1ccccc1C1CCCN1.O=C(C(CNc1ccccc1)c1ccc(C(F)(F)F)cc1)N1CCCC1c1ccccc1Cl.O=C(O)C(CNc1ccccc1)c1ccc(C(F)(F)F)cc1.[Li+].[OH-]. The smallest absolute Gasteiger partial charge is 0.870 e. The maximum atomic E-state index is 13.8. The number of aliphatic carboxylic acids is 1. The van der Waals surface area contributed by atoms with Gasteiger partial charge in [-0.3, -0.25) is 14.4 Å². The van der Waals surface area contributed by atoms with Gasteiger partial charge in [0, 0.05) is 72.5 Å². The van der Waals surface area contributed by atoms with Gasteiger partial charge in [-0.05, 0) is 189 Å². The number of amides is 1. The van der Waals surface area contributed by atoms with E-state index in [0.29, 0.717) is 39.9 Å². The number of para-hydroxylation sites is 3. The fourth-order valence-corrected chi connectivity index (χ4v) is 12.6. The topological polar surface area (TPSA) is 198 Å². The number of carboxylic acids is 1. The fraction of sp³-hybridized carbons (Fsp3) is 0.302. The molecule has 29 heteroatoms. The van der Waals surface area contributed by atoms with E-state index in [2.05, 4.69) is 33.9 Å². The van der Waals surface area contributed by atoms with E-state index < -0.39 is 82.6 Å². The van der Waals surface area contributed by atoms with Gasteiger partial charge in [0.1, 0.15) is 0 Å². The number of esters is 2. The van der Waals surface area contributed by atoms with Crippen molar-refractivity contribution in [3.05, 3.63) is 309 Å². The van der Waals surface area contributed by atoms with Gasteiger partial charge in [-0.25, -0.2) is 4.79 Å². The minimum absolute atomic E-state index is 0. The van der Waals surface area contributed by atoms with Gasteiger partial charge in [0.15, 0.2) is 0 Å². The Morgan fingerprint density at radius 2 is 0.852 bits per heavy atom. The van der Waals surface area contributed by atoms with E-state index in [1.807, 2.05) is 114 Å². The number of alkyl halides is 12. The number of hydrogen-bond acceptors (Lipinski definition) is 12. The van der Waals surface area contributed by atoms with Gasteiger partial charge < -0.3 is 51.0 Å². The Bertz CT molecular complexity index is 4390. The summed E-state index contributed by atoms with van der Waals surface area (Å²) in [5.74, 6) is -4.58. The van der Waals surface area contributed by atoms with Crippen molar-refractivity contribution in [3.8, 4) is 0 Å². The molecule has 0 aliphatic carbocycles. The molecule has 3 fully saturated rings. The Morgan fingerprint density at radius 3 is 1.22 bits per heavy atom. The monoisotopic (exact) mass is 1640 g/mol. The number of ether oxygens (including phenoxy) is 3. The van der Waals surface area contributed by atoms with E-state index in [1.54, 1.807) is 38.1 Å². The van der Waals surface area contributed by atoms with E-state index in [1.165, 1.54) is 79.8 Å². The Balaban J connectivity index is 0.000000259. The third kappa shape index (κ3) is 31.1. The molecule has 0 spiro atoms. The number of likely N-dealkylation sites (tertiary alicyclic amines) is 1. The number of anilines is 3. The van der Waals surface area contributed by atoms with Gasteiger partial charge in [0.25, 0.3) is 0 Å². The summed E-state index contributed by atoms with van der Waals surface area (Å²) in [6.45, 7) is 11.5. The summed E-state index contributed by atoms with van der Waals surface area (Å²) < 4.78 is 166. The molecule has 6 N–H and O–H groups in total. The van der Waals surface area contributed by atoms with Crippen molar-refractivity contribution in [2.45, 2.75) is 107 Å². The number of halogens is 14. The van der Waals surface area contributed by atoms with Crippen LogP contribution in [-0.2, 0) is 58.1 Å². The zero-order chi connectivity index (χ0) is 82.1. The minimum Gasteiger partial charge on any atom is -0.870 e. The van der Waals surface area contributed by atoms with Gasteiger partial charge in [-0.15, -0.1) is 0 Å². The number of carbonyl (C=O) groups excluding carboxylic acids is 3. The predicted octanol–water partition coefficient (Wildman–Crippen LogP) is 19.0. The molecule has 0 aromatic heterocycles. The van der Waals surface area contributed by atoms with Crippen LogP contribution in [0.2, 0.25) is 10.0 Å². The van der Waals surface area contributed by atoms with Gasteiger partial charge >= 0.3 is 61.5 Å². The van der Waals surface area contributed by atoms with Crippen molar-refractivity contribution in [2.24, 2.45) is 0 Å². The first kappa shape index (κ1) is 95.8. The summed E-state index contributed by atoms with van der Waals surface area (Å²) in [6.07, 6.45) is -11.0. The van der Waals surface area contributed by atoms with Crippen LogP contribution in [0.5, 0.6) is 0 Å². The zero-order valence-electron chi connectivity index (χ0n) is 63.2. The molecule has 610 valence electrons. The molecule has 5 unspecified atom stereocenters. The van der Waals surface area contributed by atoms with Crippen molar-refractivity contribution < 1.29 is 116 Å². The van der Waals surface area contributed by atoms with E-state index in [4.69, 9.17) is 37.4 Å². The number of carboxylic acid groups (broad SMARTS) is 1. The van der Waals surface area contributed by atoms with Crippen LogP contribution in [0.4, 0.5) is 69.7 Å². The van der Waals surface area contributed by atoms with Gasteiger partial charge in [-0.1, -0.05) is 169 Å². The van der Waals surface area contributed by atoms with Crippen molar-refractivity contribution in [2.75, 3.05) is 75.1 Å². The molecular weight excluding hydrogens is 1550 g/mol. The number of hydrogen-bond donors (Lipinski definition) is 5. The van der Waals surface area contributed by atoms with Gasteiger partial charge in [0.2, 0.25) is 5.91 Å². The quantitative estimate of drug-likeness (QED) is 0.0197. The number of nitrogens with zero attached hydrogens (tertiary/aromatic N) is 1. The molecule has 0 radical (unpaired) electrons. The zero-order valence-corrected chi connectivity index (χ0v) is 64.7. The first-order valence-corrected chi connectivity index (χ1v) is 37.0. The van der Waals surface area contributed by atoms with Crippen LogP contribution >= 0.6 is 23.2 Å². The molecule has 115 heavy (non-hydrogen) atoms. The first-order valence-electron chi connectivity index (χ1n) is 36.3. The van der Waals surface area contributed by atoms with Crippen LogP contribution in [-0.4, -0.2) is 98.4 Å². The molecule has 0 bridgehead atoms. The second-order valence-corrected chi connectivity index (χ2v) is 26.6.